The zero-order valence-corrected chi connectivity index (χ0v) is 8.93. The molecule has 1 heteroatoms. The van der Waals surface area contributed by atoms with Gasteiger partial charge in [-0.15, -0.1) is 0 Å². The highest BCUT2D eigenvalue weighted by molar-refractivity contribution is 5.55. The molecule has 1 nitrogen and oxygen atoms in total. The fraction of sp³-hybridized carbons (Fsp3) is 0.143. The minimum atomic E-state index is 0.0891. The van der Waals surface area contributed by atoms with Gasteiger partial charge in [-0.1, -0.05) is 66.3 Å². The van der Waals surface area contributed by atoms with E-state index in [-0.39, 0.29) is 6.61 Å². The number of rotatable bonds is 4. The van der Waals surface area contributed by atoms with E-state index in [1.807, 2.05) is 36.4 Å². The first-order chi connectivity index (χ1) is 7.33. The first-order valence-electron chi connectivity index (χ1n) is 5.00. The quantitative estimate of drug-likeness (QED) is 0.740. The molecule has 0 heterocycles. The molecule has 1 aromatic carbocycles. The summed E-state index contributed by atoms with van der Waals surface area (Å²) in [5.74, 6) is 0. The van der Waals surface area contributed by atoms with Gasteiger partial charge in [0.2, 0.25) is 0 Å². The van der Waals surface area contributed by atoms with E-state index in [1.165, 1.54) is 11.1 Å². The average Bonchev–Trinajstić information content (AvgIpc) is 2.26. The standard InChI is InChI=1S/C14H16O/c1-13(8-4-3-7-11-15)12-14-9-5-2-6-10-14/h2-10,12,15H,11H2,1H3/b7-3+,8-4+,13-12?. The predicted octanol–water partition coefficient (Wildman–Crippen LogP) is 3.19. The maximum atomic E-state index is 8.53. The molecule has 0 atom stereocenters. The molecule has 0 aliphatic carbocycles. The van der Waals surface area contributed by atoms with Crippen molar-refractivity contribution >= 4 is 6.08 Å². The summed E-state index contributed by atoms with van der Waals surface area (Å²) < 4.78 is 0. The molecule has 78 valence electrons. The fourth-order valence-corrected chi connectivity index (χ4v) is 1.21. The summed E-state index contributed by atoms with van der Waals surface area (Å²) in [5.41, 5.74) is 2.38. The van der Waals surface area contributed by atoms with Crippen LogP contribution in [0.5, 0.6) is 0 Å². The Morgan fingerprint density at radius 2 is 1.93 bits per heavy atom. The van der Waals surface area contributed by atoms with E-state index < -0.39 is 0 Å². The molecule has 1 rings (SSSR count). The second kappa shape index (κ2) is 6.80. The van der Waals surface area contributed by atoms with Gasteiger partial charge < -0.3 is 5.11 Å². The van der Waals surface area contributed by atoms with Gasteiger partial charge in [-0.25, -0.2) is 0 Å². The van der Waals surface area contributed by atoms with E-state index in [9.17, 15) is 0 Å². The van der Waals surface area contributed by atoms with Crippen LogP contribution in [-0.2, 0) is 0 Å². The van der Waals surface area contributed by atoms with Crippen LogP contribution in [0.25, 0.3) is 6.08 Å². The zero-order valence-electron chi connectivity index (χ0n) is 8.93. The van der Waals surface area contributed by atoms with Gasteiger partial charge in [0.1, 0.15) is 0 Å². The molecule has 0 aliphatic heterocycles. The van der Waals surface area contributed by atoms with Crippen LogP contribution in [0.1, 0.15) is 12.5 Å². The summed E-state index contributed by atoms with van der Waals surface area (Å²) in [7, 11) is 0. The van der Waals surface area contributed by atoms with Gasteiger partial charge in [0.05, 0.1) is 6.61 Å². The molecule has 0 aromatic heterocycles. The highest BCUT2D eigenvalue weighted by Gasteiger charge is 1.85. The van der Waals surface area contributed by atoms with Gasteiger partial charge in [-0.05, 0) is 12.5 Å². The molecule has 0 aliphatic rings. The second-order valence-electron chi connectivity index (χ2n) is 3.27. The minimum Gasteiger partial charge on any atom is -0.392 e. The van der Waals surface area contributed by atoms with Crippen molar-refractivity contribution in [2.24, 2.45) is 0 Å². The lowest BCUT2D eigenvalue weighted by Crippen LogP contribution is -1.72. The highest BCUT2D eigenvalue weighted by atomic mass is 16.2. The number of hydrogen-bond acceptors (Lipinski definition) is 1. The second-order valence-corrected chi connectivity index (χ2v) is 3.27. The molecular formula is C14H16O. The van der Waals surface area contributed by atoms with Crippen LogP contribution < -0.4 is 0 Å². The van der Waals surface area contributed by atoms with Crippen LogP contribution in [0.3, 0.4) is 0 Å². The Morgan fingerprint density at radius 1 is 1.20 bits per heavy atom. The SMILES string of the molecule is CC(=Cc1ccccc1)/C=C/C=C/CO. The van der Waals surface area contributed by atoms with Crippen molar-refractivity contribution in [3.8, 4) is 0 Å². The number of allylic oxidation sites excluding steroid dienone is 4. The molecule has 0 bridgehead atoms. The zero-order chi connectivity index (χ0) is 10.9. The topological polar surface area (TPSA) is 20.2 Å². The maximum Gasteiger partial charge on any atom is 0.0615 e. The van der Waals surface area contributed by atoms with Gasteiger partial charge in [0.15, 0.2) is 0 Å². The Bertz CT molecular complexity index is 358. The van der Waals surface area contributed by atoms with Crippen LogP contribution in [0, 0.1) is 0 Å². The molecule has 0 saturated heterocycles. The van der Waals surface area contributed by atoms with Gasteiger partial charge in [0, 0.05) is 0 Å². The maximum absolute atomic E-state index is 8.53. The Hall–Kier alpha value is -1.60. The van der Waals surface area contributed by atoms with Crippen LogP contribution in [-0.4, -0.2) is 11.7 Å². The van der Waals surface area contributed by atoms with E-state index >= 15 is 0 Å². The third kappa shape index (κ3) is 4.99. The Morgan fingerprint density at radius 3 is 2.60 bits per heavy atom. The van der Waals surface area contributed by atoms with Crippen LogP contribution in [0.2, 0.25) is 0 Å². The number of aliphatic hydroxyl groups excluding tert-OH is 1. The minimum absolute atomic E-state index is 0.0891. The third-order valence-electron chi connectivity index (χ3n) is 1.91. The molecule has 15 heavy (non-hydrogen) atoms. The smallest absolute Gasteiger partial charge is 0.0615 e. The van der Waals surface area contributed by atoms with E-state index in [2.05, 4.69) is 25.1 Å². The lowest BCUT2D eigenvalue weighted by molar-refractivity contribution is 0.343. The summed E-state index contributed by atoms with van der Waals surface area (Å²) in [6.45, 7) is 2.14. The lowest BCUT2D eigenvalue weighted by Gasteiger charge is -1.93. The Labute approximate surface area is 91.1 Å². The lowest BCUT2D eigenvalue weighted by atomic mass is 10.1. The summed E-state index contributed by atoms with van der Waals surface area (Å²) in [6.07, 6.45) is 9.59. The predicted molar refractivity (Wildman–Crippen MR) is 65.5 cm³/mol. The van der Waals surface area contributed by atoms with Gasteiger partial charge in [-0.2, -0.15) is 0 Å². The molecule has 1 N–H and O–H groups in total. The van der Waals surface area contributed by atoms with Crippen molar-refractivity contribution in [3.05, 3.63) is 65.8 Å². The van der Waals surface area contributed by atoms with Crippen molar-refractivity contribution in [2.75, 3.05) is 6.61 Å². The monoisotopic (exact) mass is 200 g/mol. The van der Waals surface area contributed by atoms with Crippen LogP contribution in [0.15, 0.2) is 60.2 Å². The largest absolute Gasteiger partial charge is 0.392 e. The van der Waals surface area contributed by atoms with E-state index in [1.54, 1.807) is 6.08 Å². The third-order valence-corrected chi connectivity index (χ3v) is 1.91. The fourth-order valence-electron chi connectivity index (χ4n) is 1.21. The molecule has 0 saturated carbocycles. The first-order valence-corrected chi connectivity index (χ1v) is 5.00. The van der Waals surface area contributed by atoms with Crippen LogP contribution in [0.4, 0.5) is 0 Å². The van der Waals surface area contributed by atoms with E-state index in [4.69, 9.17) is 5.11 Å². The highest BCUT2D eigenvalue weighted by Crippen LogP contribution is 2.06. The Balaban J connectivity index is 2.61. The van der Waals surface area contributed by atoms with Crippen molar-refractivity contribution in [1.29, 1.82) is 0 Å². The first kappa shape index (κ1) is 11.5. The van der Waals surface area contributed by atoms with Crippen LogP contribution >= 0.6 is 0 Å². The molecule has 0 spiro atoms. The summed E-state index contributed by atoms with van der Waals surface area (Å²) in [6, 6.07) is 10.2. The van der Waals surface area contributed by atoms with Gasteiger partial charge in [-0.3, -0.25) is 0 Å². The van der Waals surface area contributed by atoms with Crippen molar-refractivity contribution in [2.45, 2.75) is 6.92 Å². The summed E-state index contributed by atoms with van der Waals surface area (Å²) >= 11 is 0. The molecule has 0 unspecified atom stereocenters. The molecule has 0 amide bonds. The van der Waals surface area contributed by atoms with Gasteiger partial charge in [0.25, 0.3) is 0 Å². The Kier molecular flexibility index (Phi) is 5.20. The summed E-state index contributed by atoms with van der Waals surface area (Å²) in [4.78, 5) is 0. The van der Waals surface area contributed by atoms with Crippen molar-refractivity contribution < 1.29 is 5.11 Å². The molecule has 1 aromatic rings. The van der Waals surface area contributed by atoms with Crippen molar-refractivity contribution in [1.82, 2.24) is 0 Å². The number of benzene rings is 1. The van der Waals surface area contributed by atoms with Crippen molar-refractivity contribution in [3.63, 3.8) is 0 Å². The number of hydrogen-bond donors (Lipinski definition) is 1. The van der Waals surface area contributed by atoms with E-state index in [0.29, 0.717) is 0 Å². The molecule has 0 radical (unpaired) electrons. The average molecular weight is 200 g/mol. The molecule has 0 fully saturated rings. The van der Waals surface area contributed by atoms with Gasteiger partial charge >= 0.3 is 0 Å². The number of aliphatic hydroxyl groups is 1. The summed E-state index contributed by atoms with van der Waals surface area (Å²) in [5, 5.41) is 8.53. The van der Waals surface area contributed by atoms with E-state index in [0.717, 1.165) is 0 Å². The normalized spacial score (nSPS) is 12.8. The molecular weight excluding hydrogens is 184 g/mol.